The normalized spacial score (nSPS) is 30.5. The van der Waals surface area contributed by atoms with Crippen molar-refractivity contribution >= 4 is 82.5 Å². The Kier molecular flexibility index (Phi) is 14.8. The number of nitrogen functional groups attached to an aromatic ring is 3. The summed E-state index contributed by atoms with van der Waals surface area (Å²) in [6.45, 7) is -3.50. The largest absolute Gasteiger partial charge is 0.756 e. The van der Waals surface area contributed by atoms with Crippen LogP contribution in [0.25, 0.3) is 33.5 Å². The lowest BCUT2D eigenvalue weighted by Crippen LogP contribution is -2.46. The summed E-state index contributed by atoms with van der Waals surface area (Å²) in [6.07, 6.45) is -16.1. The van der Waals surface area contributed by atoms with Gasteiger partial charge in [0.1, 0.15) is 66.8 Å². The number of aliphatic hydroxyl groups is 4. The van der Waals surface area contributed by atoms with Crippen molar-refractivity contribution in [1.82, 2.24) is 53.6 Å². The lowest BCUT2D eigenvalue weighted by Gasteiger charge is -2.31. The van der Waals surface area contributed by atoms with Crippen LogP contribution < -0.4 is 37.8 Å². The summed E-state index contributed by atoms with van der Waals surface area (Å²) in [5.41, 5.74) is 15.3. The van der Waals surface area contributed by atoms with Gasteiger partial charge >= 0.3 is 29.1 Å². The molecule has 0 radical (unpaired) electrons. The molecule has 15 N–H and O–H groups in total. The smallest absolute Gasteiger partial charge is 0.490 e. The Morgan fingerprint density at radius 3 is 1.96 bits per heavy atom. The number of phosphoric acid groups is 4. The first-order valence-electron chi connectivity index (χ1n) is 21.1. The fraction of sp³-hybridized carbons (Fsp3) is 0.531. The molecule has 6 aromatic heterocycles. The van der Waals surface area contributed by atoms with Crippen LogP contribution >= 0.6 is 31.3 Å². The number of hydrogen-bond acceptors (Lipinski definition) is 30. The predicted molar refractivity (Wildman–Crippen MR) is 237 cm³/mol. The van der Waals surface area contributed by atoms with Crippen molar-refractivity contribution in [1.29, 1.82) is 0 Å². The first-order chi connectivity index (χ1) is 35.2. The molecule has 9 rings (SSSR count). The van der Waals surface area contributed by atoms with Crippen molar-refractivity contribution in [2.24, 2.45) is 7.05 Å². The van der Waals surface area contributed by atoms with Gasteiger partial charge in [0.2, 0.25) is 17.7 Å². The molecule has 39 nitrogen and oxygen atoms in total. The number of ether oxygens (including phenoxy) is 4. The molecule has 3 fully saturated rings. The molecule has 43 heteroatoms. The van der Waals surface area contributed by atoms with E-state index in [0.717, 1.165) is 35.2 Å². The summed E-state index contributed by atoms with van der Waals surface area (Å²) in [5, 5.41) is 43.1. The number of aromatic amines is 2. The molecular weight excluding hydrogens is 1100 g/mol. The van der Waals surface area contributed by atoms with Crippen LogP contribution in [0.4, 0.5) is 17.7 Å². The maximum atomic E-state index is 13.6. The predicted octanol–water partition coefficient (Wildman–Crippen LogP) is -5.34. The molecule has 75 heavy (non-hydrogen) atoms. The highest BCUT2D eigenvalue weighted by Crippen LogP contribution is 2.68. The third kappa shape index (κ3) is 10.9. The molecule has 0 aromatic carbocycles. The van der Waals surface area contributed by atoms with Gasteiger partial charge in [0, 0.05) is 7.11 Å². The number of aryl methyl sites for hydroxylation is 1. The number of aliphatic hydroxyl groups excluding tert-OH is 4. The van der Waals surface area contributed by atoms with Gasteiger partial charge < -0.3 is 85.2 Å². The van der Waals surface area contributed by atoms with E-state index in [1.165, 1.54) is 22.5 Å². The Hall–Kier alpha value is -5.15. The monoisotopic (exact) mass is 1150 g/mol. The Morgan fingerprint density at radius 1 is 0.707 bits per heavy atom. The number of hydrogen-bond donors (Lipinski definition) is 12. The summed E-state index contributed by atoms with van der Waals surface area (Å²) in [7, 11) is -21.2. The molecule has 16 atom stereocenters. The number of phosphoric ester groups is 3. The number of nitrogens with two attached hydrogens (primary N) is 3. The van der Waals surface area contributed by atoms with E-state index in [4.69, 9.17) is 49.7 Å². The van der Waals surface area contributed by atoms with Crippen LogP contribution in [0.5, 0.6) is 0 Å². The molecule has 6 aromatic rings. The van der Waals surface area contributed by atoms with Crippen molar-refractivity contribution in [2.75, 3.05) is 44.1 Å². The minimum atomic E-state index is -6.21. The van der Waals surface area contributed by atoms with Crippen molar-refractivity contribution < 1.29 is 108 Å². The van der Waals surface area contributed by atoms with Gasteiger partial charge in [-0.2, -0.15) is 13.6 Å². The van der Waals surface area contributed by atoms with E-state index in [0.29, 0.717) is 0 Å². The Labute approximate surface area is 414 Å². The molecule has 0 aliphatic carbocycles. The van der Waals surface area contributed by atoms with Gasteiger partial charge in [-0.05, 0) is 0 Å². The zero-order valence-electron chi connectivity index (χ0n) is 37.9. The van der Waals surface area contributed by atoms with Crippen LogP contribution in [0.3, 0.4) is 0 Å². The lowest BCUT2D eigenvalue weighted by atomic mass is 10.1. The van der Waals surface area contributed by atoms with Crippen LogP contribution in [0.2, 0.25) is 0 Å². The van der Waals surface area contributed by atoms with Gasteiger partial charge in [-0.15, -0.1) is 0 Å². The van der Waals surface area contributed by atoms with Gasteiger partial charge in [0.15, 0.2) is 41.4 Å². The average Bonchev–Trinajstić information content (AvgIpc) is 4.17. The molecule has 410 valence electrons. The number of rotatable bonds is 19. The van der Waals surface area contributed by atoms with E-state index in [2.05, 4.69) is 53.0 Å². The third-order valence-corrected chi connectivity index (χ3v) is 16.8. The molecule has 3 aliphatic rings. The Balaban J connectivity index is 0.862. The summed E-state index contributed by atoms with van der Waals surface area (Å²) >= 11 is 0. The van der Waals surface area contributed by atoms with Crippen LogP contribution in [0, 0.1) is 0 Å². The number of methoxy groups -OCH3 is 1. The molecule has 3 aliphatic heterocycles. The SMILES string of the molecule is CO[C@@H]1[C@H](OP(=O)([O-])OC[C@H]2O[C@@H](n3cnc4c(=O)[nH]c(N)nc43)[C@H](O)[C@@H]2O)[C@@H](COP(=O)(O)OP(=O)(O)OP(=O)(O)OC[C@@H]2O[C@H]([n+]3cn(C)c4c(=O)[nH]c(N)nc43)[C@@H](O)[C@H]2O)O[C@H]1n1cnc2c(N)ncnc21. The number of nitrogens with one attached hydrogen (secondary N) is 2. The molecule has 3 saturated heterocycles. The zero-order valence-corrected chi connectivity index (χ0v) is 41.5. The van der Waals surface area contributed by atoms with Gasteiger partial charge in [0.25, 0.3) is 24.9 Å². The standard InChI is InChI=1S/C32H43N15O24P4/c1-44-9-47(25-15(44)27(53)43-32(35)41-25)29-19(51)17(49)11(67-29)4-64-73(56,57)70-75(60,61)71-74(58,59)65-5-12-20(21(62-2)30(68-12)45-7-38-13-22(33)36-6-37-23(13)45)69-72(54,55)63-3-10-16(48)18(50)28(66-10)46-8-39-14-24(46)40-31(34)42-26(14)52/h6-12,16-21,28-30,48-51H,3-5H2,1-2H3,(H11-,33,34,35,36,37,40,41,42,43,52,53,54,55,56,57,58,59,60,61)/t10-,11+,12-,16-,17+,18-,19+,20-,21-,28-,29+,30-/m1/s1. The first kappa shape index (κ1) is 54.6. The van der Waals surface area contributed by atoms with E-state index >= 15 is 0 Å². The van der Waals surface area contributed by atoms with Crippen molar-refractivity contribution in [3.8, 4) is 0 Å². The number of anilines is 3. The quantitative estimate of drug-likeness (QED) is 0.0266. The summed E-state index contributed by atoms with van der Waals surface area (Å²) in [4.78, 5) is 98.0. The minimum absolute atomic E-state index is 0.00957. The molecule has 0 amide bonds. The fourth-order valence-corrected chi connectivity index (χ4v) is 12.7. The van der Waals surface area contributed by atoms with Crippen molar-refractivity contribution in [3.63, 3.8) is 0 Å². The first-order valence-corrected chi connectivity index (χ1v) is 27.1. The molecular formula is C32H43N15O24P4. The second kappa shape index (κ2) is 20.3. The zero-order chi connectivity index (χ0) is 54.3. The van der Waals surface area contributed by atoms with E-state index in [1.807, 2.05) is 0 Å². The molecule has 0 saturated carbocycles. The van der Waals surface area contributed by atoms with Gasteiger partial charge in [-0.3, -0.25) is 46.9 Å². The molecule has 0 spiro atoms. The second-order valence-electron chi connectivity index (χ2n) is 16.4. The van der Waals surface area contributed by atoms with E-state index in [-0.39, 0.29) is 51.2 Å². The molecule has 0 bridgehead atoms. The highest BCUT2D eigenvalue weighted by molar-refractivity contribution is 7.66. The van der Waals surface area contributed by atoms with Crippen molar-refractivity contribution in [3.05, 3.63) is 46.0 Å². The van der Waals surface area contributed by atoms with Crippen LogP contribution in [-0.4, -0.2) is 171 Å². The average molecular weight is 1150 g/mol. The Morgan fingerprint density at radius 2 is 1.28 bits per heavy atom. The van der Waals surface area contributed by atoms with Gasteiger partial charge in [0.05, 0.1) is 39.5 Å². The number of nitrogens with zero attached hydrogens (tertiary/aromatic N) is 10. The summed E-state index contributed by atoms with van der Waals surface area (Å²) in [6, 6.07) is 0. The van der Waals surface area contributed by atoms with Crippen molar-refractivity contribution in [2.45, 2.75) is 73.6 Å². The maximum absolute atomic E-state index is 13.6. The third-order valence-electron chi connectivity index (χ3n) is 11.5. The van der Waals surface area contributed by atoms with Gasteiger partial charge in [-0.1, -0.05) is 4.98 Å². The number of aromatic nitrogens is 12. The highest BCUT2D eigenvalue weighted by atomic mass is 31.3. The number of fused-ring (bicyclic) bond motifs is 3. The summed E-state index contributed by atoms with van der Waals surface area (Å²) in [5.74, 6) is -0.737. The fourth-order valence-electron chi connectivity index (χ4n) is 8.28. The summed E-state index contributed by atoms with van der Waals surface area (Å²) < 4.78 is 108. The second-order valence-corrected chi connectivity index (χ2v) is 22.4. The topological polar surface area (TPSA) is 565 Å². The molecule has 9 heterocycles. The Bertz CT molecular complexity index is 3470. The van der Waals surface area contributed by atoms with Gasteiger partial charge in [-0.25, -0.2) is 38.2 Å². The van der Waals surface area contributed by atoms with Crippen LogP contribution in [-0.2, 0) is 71.0 Å². The molecule has 4 unspecified atom stereocenters. The minimum Gasteiger partial charge on any atom is -0.756 e. The van der Waals surface area contributed by atoms with E-state index < -0.39 is 136 Å². The number of imidazole rings is 3. The lowest BCUT2D eigenvalue weighted by molar-refractivity contribution is -0.745. The maximum Gasteiger partial charge on any atom is 0.490 e. The van der Waals surface area contributed by atoms with E-state index in [1.54, 1.807) is 0 Å². The highest BCUT2D eigenvalue weighted by Gasteiger charge is 2.53. The van der Waals surface area contributed by atoms with Crippen LogP contribution in [0.15, 0.2) is 34.9 Å². The van der Waals surface area contributed by atoms with E-state index in [9.17, 15) is 67.8 Å². The van der Waals surface area contributed by atoms with Crippen LogP contribution in [0.1, 0.15) is 18.7 Å². The number of H-pyrrole nitrogens is 2.